The Bertz CT molecular complexity index is 916. The number of nitrogens with zero attached hydrogens (tertiary/aromatic N) is 1. The van der Waals surface area contributed by atoms with Gasteiger partial charge in [-0.2, -0.15) is 17.4 Å². The van der Waals surface area contributed by atoms with Crippen molar-refractivity contribution in [3.63, 3.8) is 0 Å². The lowest BCUT2D eigenvalue weighted by Gasteiger charge is -2.27. The zero-order valence-electron chi connectivity index (χ0n) is 15.2. The van der Waals surface area contributed by atoms with Crippen LogP contribution >= 0.6 is 0 Å². The molecule has 26 heavy (non-hydrogen) atoms. The van der Waals surface area contributed by atoms with Gasteiger partial charge in [-0.25, -0.2) is 0 Å². The van der Waals surface area contributed by atoms with Crippen molar-refractivity contribution in [3.8, 4) is 0 Å². The fourth-order valence-corrected chi connectivity index (χ4v) is 3.87. The highest BCUT2D eigenvalue weighted by molar-refractivity contribution is 7.88. The van der Waals surface area contributed by atoms with Crippen molar-refractivity contribution in [2.45, 2.75) is 33.2 Å². The lowest BCUT2D eigenvalue weighted by molar-refractivity contribution is 0.0728. The van der Waals surface area contributed by atoms with E-state index in [-0.39, 0.29) is 11.1 Å². The number of hydrogen-bond acceptors (Lipinski definition) is 4. The van der Waals surface area contributed by atoms with Crippen LogP contribution in [0.4, 0.5) is 0 Å². The maximum Gasteiger partial charge on any atom is 0.311 e. The Morgan fingerprint density at radius 2 is 1.42 bits per heavy atom. The van der Waals surface area contributed by atoms with E-state index in [0.717, 1.165) is 0 Å². The smallest absolute Gasteiger partial charge is 0.267 e. The van der Waals surface area contributed by atoms with Crippen LogP contribution < -0.4 is 4.72 Å². The zero-order chi connectivity index (χ0) is 19.5. The van der Waals surface area contributed by atoms with Crippen molar-refractivity contribution in [1.82, 2.24) is 9.03 Å². The molecule has 0 bridgehead atoms. The number of hydrogen-bond donors (Lipinski definition) is 1. The van der Waals surface area contributed by atoms with Gasteiger partial charge in [-0.1, -0.05) is 36.4 Å². The summed E-state index contributed by atoms with van der Waals surface area (Å²) in [6.07, 6.45) is 0. The summed E-state index contributed by atoms with van der Waals surface area (Å²) in [5.74, 6) is -1.80. The molecule has 0 fully saturated rings. The Morgan fingerprint density at radius 3 is 1.96 bits per heavy atom. The summed E-state index contributed by atoms with van der Waals surface area (Å²) >= 11 is 0. The van der Waals surface area contributed by atoms with Crippen molar-refractivity contribution in [2.24, 2.45) is 0 Å². The molecule has 0 atom stereocenters. The third-order valence-corrected chi connectivity index (χ3v) is 5.12. The summed E-state index contributed by atoms with van der Waals surface area (Å²) in [5.41, 5.74) is -0.0285. The highest BCUT2D eigenvalue weighted by Crippen LogP contribution is 2.18. The standard InChI is InChI=1S/C19H22N2O4S/c1-14-10-8-9-13-16(14)18(23)21(26(24,25)20-19(2,3)4)17(22)15-11-6-5-7-12-15/h5-13,20H,1-4H3. The first-order valence-electron chi connectivity index (χ1n) is 8.06. The molecule has 0 heterocycles. The first-order valence-corrected chi connectivity index (χ1v) is 9.50. The molecule has 2 aromatic carbocycles. The van der Waals surface area contributed by atoms with Crippen LogP contribution in [0.3, 0.4) is 0 Å². The third-order valence-electron chi connectivity index (χ3n) is 3.44. The van der Waals surface area contributed by atoms with Crippen LogP contribution in [-0.2, 0) is 10.2 Å². The van der Waals surface area contributed by atoms with E-state index in [0.29, 0.717) is 9.87 Å². The van der Waals surface area contributed by atoms with Crippen LogP contribution in [0.1, 0.15) is 47.1 Å². The number of benzene rings is 2. The molecule has 0 aliphatic heterocycles. The second-order valence-electron chi connectivity index (χ2n) is 6.91. The summed E-state index contributed by atoms with van der Waals surface area (Å²) in [6.45, 7) is 6.58. The highest BCUT2D eigenvalue weighted by atomic mass is 32.2. The molecule has 0 aliphatic carbocycles. The van der Waals surface area contributed by atoms with Crippen LogP contribution in [-0.4, -0.2) is 30.1 Å². The van der Waals surface area contributed by atoms with Gasteiger partial charge in [-0.05, 0) is 51.5 Å². The molecule has 2 amide bonds. The topological polar surface area (TPSA) is 83.6 Å². The van der Waals surface area contributed by atoms with Gasteiger partial charge in [-0.3, -0.25) is 9.59 Å². The molecule has 7 heteroatoms. The normalized spacial score (nSPS) is 11.8. The molecule has 0 saturated heterocycles. The minimum Gasteiger partial charge on any atom is -0.267 e. The van der Waals surface area contributed by atoms with E-state index in [1.54, 1.807) is 64.1 Å². The second kappa shape index (κ2) is 7.39. The Hall–Kier alpha value is -2.51. The molecule has 0 radical (unpaired) electrons. The van der Waals surface area contributed by atoms with Crippen LogP contribution in [0.2, 0.25) is 0 Å². The van der Waals surface area contributed by atoms with Gasteiger partial charge in [0.1, 0.15) is 0 Å². The van der Waals surface area contributed by atoms with E-state index in [9.17, 15) is 18.0 Å². The molecular weight excluding hydrogens is 352 g/mol. The second-order valence-corrected chi connectivity index (χ2v) is 8.43. The molecule has 0 saturated carbocycles. The van der Waals surface area contributed by atoms with Gasteiger partial charge < -0.3 is 0 Å². The summed E-state index contributed by atoms with van der Waals surface area (Å²) in [6, 6.07) is 14.4. The maximum atomic E-state index is 13.0. The van der Waals surface area contributed by atoms with Gasteiger partial charge in [0.05, 0.1) is 0 Å². The fourth-order valence-electron chi connectivity index (χ4n) is 2.36. The van der Waals surface area contributed by atoms with Crippen molar-refractivity contribution < 1.29 is 18.0 Å². The van der Waals surface area contributed by atoms with Gasteiger partial charge in [0.2, 0.25) is 0 Å². The molecule has 0 aromatic heterocycles. The molecular formula is C19H22N2O4S. The number of carbonyl (C=O) groups is 2. The predicted octanol–water partition coefficient (Wildman–Crippen LogP) is 2.91. The molecule has 2 aromatic rings. The molecule has 1 N–H and O–H groups in total. The lowest BCUT2D eigenvalue weighted by atomic mass is 10.1. The van der Waals surface area contributed by atoms with Crippen molar-refractivity contribution in [1.29, 1.82) is 0 Å². The first-order chi connectivity index (χ1) is 12.0. The number of imide groups is 1. The summed E-state index contributed by atoms with van der Waals surface area (Å²) in [5, 5.41) is 0. The van der Waals surface area contributed by atoms with Gasteiger partial charge in [0, 0.05) is 16.7 Å². The van der Waals surface area contributed by atoms with Gasteiger partial charge in [0.15, 0.2) is 0 Å². The summed E-state index contributed by atoms with van der Waals surface area (Å²) < 4.78 is 28.4. The largest absolute Gasteiger partial charge is 0.311 e. The molecule has 0 spiro atoms. The van der Waals surface area contributed by atoms with E-state index < -0.39 is 27.6 Å². The Kier molecular flexibility index (Phi) is 5.63. The maximum absolute atomic E-state index is 13.0. The van der Waals surface area contributed by atoms with Gasteiger partial charge in [0.25, 0.3) is 11.8 Å². The number of carbonyl (C=O) groups excluding carboxylic acids is 2. The minimum atomic E-state index is -4.41. The van der Waals surface area contributed by atoms with Crippen LogP contribution in [0.5, 0.6) is 0 Å². The average Bonchev–Trinajstić information content (AvgIpc) is 2.53. The number of amides is 2. The molecule has 6 nitrogen and oxygen atoms in total. The fraction of sp³-hybridized carbons (Fsp3) is 0.263. The Morgan fingerprint density at radius 1 is 0.885 bits per heavy atom. The van der Waals surface area contributed by atoms with E-state index >= 15 is 0 Å². The van der Waals surface area contributed by atoms with Crippen LogP contribution in [0.25, 0.3) is 0 Å². The predicted molar refractivity (Wildman–Crippen MR) is 99.9 cm³/mol. The van der Waals surface area contributed by atoms with Crippen molar-refractivity contribution >= 4 is 22.0 Å². The molecule has 2 rings (SSSR count). The monoisotopic (exact) mass is 374 g/mol. The molecule has 0 aliphatic rings. The lowest BCUT2D eigenvalue weighted by Crippen LogP contribution is -2.53. The number of nitrogens with one attached hydrogen (secondary N) is 1. The van der Waals surface area contributed by atoms with Gasteiger partial charge in [-0.15, -0.1) is 0 Å². The SMILES string of the molecule is Cc1ccccc1C(=O)N(C(=O)c1ccccc1)S(=O)(=O)NC(C)(C)C. The first kappa shape index (κ1) is 19.8. The van der Waals surface area contributed by atoms with Crippen LogP contribution in [0.15, 0.2) is 54.6 Å². The average molecular weight is 374 g/mol. The van der Waals surface area contributed by atoms with Crippen molar-refractivity contribution in [3.05, 3.63) is 71.3 Å². The van der Waals surface area contributed by atoms with E-state index in [4.69, 9.17) is 0 Å². The molecule has 0 unspecified atom stereocenters. The zero-order valence-corrected chi connectivity index (χ0v) is 16.0. The number of aryl methyl sites for hydroxylation is 1. The number of rotatable bonds is 4. The minimum absolute atomic E-state index is 0.105. The van der Waals surface area contributed by atoms with Crippen molar-refractivity contribution in [2.75, 3.05) is 0 Å². The third kappa shape index (κ3) is 4.56. The Balaban J connectivity index is 2.57. The summed E-state index contributed by atoms with van der Waals surface area (Å²) in [4.78, 5) is 25.9. The molecule has 138 valence electrons. The van der Waals surface area contributed by atoms with E-state index in [1.165, 1.54) is 18.2 Å². The summed E-state index contributed by atoms with van der Waals surface area (Å²) in [7, 11) is -4.41. The quantitative estimate of drug-likeness (QED) is 0.834. The Labute approximate surface area is 154 Å². The van der Waals surface area contributed by atoms with Crippen LogP contribution in [0, 0.1) is 6.92 Å². The van der Waals surface area contributed by atoms with E-state index in [1.807, 2.05) is 0 Å². The van der Waals surface area contributed by atoms with Gasteiger partial charge >= 0.3 is 10.2 Å². The van der Waals surface area contributed by atoms with E-state index in [2.05, 4.69) is 4.72 Å². The highest BCUT2D eigenvalue weighted by Gasteiger charge is 2.37.